The summed E-state index contributed by atoms with van der Waals surface area (Å²) in [7, 11) is 0. The lowest BCUT2D eigenvalue weighted by Crippen LogP contribution is -1.91. The minimum Gasteiger partial charge on any atom is -0.346 e. The van der Waals surface area contributed by atoms with Gasteiger partial charge in [0.05, 0.1) is 10.6 Å². The molecule has 2 rings (SSSR count). The van der Waals surface area contributed by atoms with Gasteiger partial charge in [-0.25, -0.2) is 4.98 Å². The first-order valence-corrected chi connectivity index (χ1v) is 5.21. The zero-order valence-electron chi connectivity index (χ0n) is 7.06. The van der Waals surface area contributed by atoms with E-state index in [1.165, 1.54) is 0 Å². The number of fused-ring (bicyclic) bond motifs is 1. The third-order valence-electron chi connectivity index (χ3n) is 2.05. The molecule has 0 saturated heterocycles. The van der Waals surface area contributed by atoms with Crippen LogP contribution in [0, 0.1) is 0 Å². The molecule has 0 aromatic carbocycles. The fourth-order valence-corrected chi connectivity index (χ4v) is 2.30. The van der Waals surface area contributed by atoms with Crippen molar-refractivity contribution in [3.8, 4) is 11.4 Å². The van der Waals surface area contributed by atoms with Gasteiger partial charge >= 0.3 is 0 Å². The first-order valence-electron chi connectivity index (χ1n) is 4.04. The highest BCUT2D eigenvalue weighted by molar-refractivity contribution is 9.10. The Morgan fingerprint density at radius 3 is 3.08 bits per heavy atom. The van der Waals surface area contributed by atoms with Gasteiger partial charge in [-0.2, -0.15) is 0 Å². The summed E-state index contributed by atoms with van der Waals surface area (Å²) in [6.45, 7) is 2.07. The van der Waals surface area contributed by atoms with Crippen LogP contribution in [0.5, 0.6) is 0 Å². The highest BCUT2D eigenvalue weighted by Crippen LogP contribution is 2.36. The Morgan fingerprint density at radius 1 is 1.62 bits per heavy atom. The Morgan fingerprint density at radius 2 is 2.38 bits per heavy atom. The number of aromatic amines is 1. The highest BCUT2D eigenvalue weighted by atomic mass is 79.9. The number of rotatable bonds is 1. The lowest BCUT2D eigenvalue weighted by Gasteiger charge is -2.06. The molecule has 0 spiro atoms. The number of pyridine rings is 1. The second-order valence-corrected chi connectivity index (χ2v) is 4.04. The smallest absolute Gasteiger partial charge is 0.139 e. The Labute approximate surface area is 89.8 Å². The summed E-state index contributed by atoms with van der Waals surface area (Å²) in [5, 5.41) is 0.792. The van der Waals surface area contributed by atoms with Gasteiger partial charge in [0, 0.05) is 16.9 Å². The number of hydrogen-bond acceptors (Lipinski definition) is 1. The van der Waals surface area contributed by atoms with Crippen LogP contribution in [0.2, 0.25) is 5.02 Å². The maximum Gasteiger partial charge on any atom is 0.139 e. The van der Waals surface area contributed by atoms with Crippen molar-refractivity contribution in [3.63, 3.8) is 0 Å². The van der Waals surface area contributed by atoms with E-state index in [0.29, 0.717) is 0 Å². The van der Waals surface area contributed by atoms with Crippen LogP contribution in [-0.2, 0) is 6.42 Å². The van der Waals surface area contributed by atoms with Crippen molar-refractivity contribution in [2.24, 2.45) is 0 Å². The van der Waals surface area contributed by atoms with Crippen molar-refractivity contribution in [3.05, 3.63) is 27.5 Å². The average molecular weight is 260 g/mol. The molecule has 0 amide bonds. The largest absolute Gasteiger partial charge is 0.346 e. The molecule has 68 valence electrons. The Hall–Kier alpha value is -0.540. The summed E-state index contributed by atoms with van der Waals surface area (Å²) in [4.78, 5) is 7.27. The summed E-state index contributed by atoms with van der Waals surface area (Å²) < 4.78 is 0.944. The molecule has 0 bridgehead atoms. The third-order valence-corrected chi connectivity index (χ3v) is 3.08. The Balaban J connectivity index is 2.75. The SMILES string of the molecule is CCc1c[nH]c2ncc(Br)c-2c1Cl. The van der Waals surface area contributed by atoms with E-state index in [1.54, 1.807) is 6.20 Å². The van der Waals surface area contributed by atoms with Crippen molar-refractivity contribution >= 4 is 27.5 Å². The molecule has 2 aliphatic heterocycles. The average Bonchev–Trinajstić information content (AvgIpc) is 2.49. The molecule has 0 fully saturated rings. The molecule has 0 atom stereocenters. The van der Waals surface area contributed by atoms with Crippen LogP contribution < -0.4 is 0 Å². The molecular formula is C9H8BrClN2. The molecule has 1 N–H and O–H groups in total. The Kier molecular flexibility index (Phi) is 2.30. The van der Waals surface area contributed by atoms with Crippen LogP contribution in [0.1, 0.15) is 12.5 Å². The molecule has 2 nitrogen and oxygen atoms in total. The van der Waals surface area contributed by atoms with Crippen molar-refractivity contribution < 1.29 is 0 Å². The van der Waals surface area contributed by atoms with Crippen LogP contribution in [0.25, 0.3) is 11.4 Å². The quantitative estimate of drug-likeness (QED) is 0.834. The summed E-state index contributed by atoms with van der Waals surface area (Å²) in [6, 6.07) is 0. The van der Waals surface area contributed by atoms with E-state index in [0.717, 1.165) is 32.9 Å². The maximum absolute atomic E-state index is 6.20. The van der Waals surface area contributed by atoms with E-state index in [9.17, 15) is 0 Å². The molecule has 0 saturated carbocycles. The van der Waals surface area contributed by atoms with Crippen LogP contribution in [0.15, 0.2) is 16.9 Å². The molecular weight excluding hydrogens is 251 g/mol. The van der Waals surface area contributed by atoms with Crippen molar-refractivity contribution in [1.82, 2.24) is 9.97 Å². The summed E-state index contributed by atoms with van der Waals surface area (Å²) in [5.74, 6) is 0.828. The minimum absolute atomic E-state index is 0.792. The summed E-state index contributed by atoms with van der Waals surface area (Å²) in [6.07, 6.45) is 4.58. The number of H-pyrrole nitrogens is 1. The molecule has 2 aliphatic rings. The third kappa shape index (κ3) is 1.36. The predicted molar refractivity (Wildman–Crippen MR) is 57.3 cm³/mol. The van der Waals surface area contributed by atoms with E-state index in [4.69, 9.17) is 11.6 Å². The Bertz CT molecular complexity index is 411. The number of nitrogens with one attached hydrogen (secondary N) is 1. The van der Waals surface area contributed by atoms with Gasteiger partial charge in [0.2, 0.25) is 0 Å². The van der Waals surface area contributed by atoms with E-state index < -0.39 is 0 Å². The molecule has 2 heterocycles. The lowest BCUT2D eigenvalue weighted by atomic mass is 10.1. The zero-order chi connectivity index (χ0) is 9.42. The molecule has 0 unspecified atom stereocenters. The maximum atomic E-state index is 6.20. The number of aromatic nitrogens is 2. The van der Waals surface area contributed by atoms with Crippen molar-refractivity contribution in [2.75, 3.05) is 0 Å². The number of hydrogen-bond donors (Lipinski definition) is 1. The first kappa shape index (κ1) is 9.03. The van der Waals surface area contributed by atoms with Gasteiger partial charge in [0.1, 0.15) is 5.82 Å². The molecule has 0 aromatic heterocycles. The highest BCUT2D eigenvalue weighted by Gasteiger charge is 2.15. The fourth-order valence-electron chi connectivity index (χ4n) is 1.32. The summed E-state index contributed by atoms with van der Waals surface area (Å²) >= 11 is 9.61. The van der Waals surface area contributed by atoms with Gasteiger partial charge in [-0.3, -0.25) is 0 Å². The topological polar surface area (TPSA) is 28.7 Å². The normalized spacial score (nSPS) is 11.0. The predicted octanol–water partition coefficient (Wildman–Crippen LogP) is 3.49. The van der Waals surface area contributed by atoms with Gasteiger partial charge in [-0.05, 0) is 27.9 Å². The van der Waals surface area contributed by atoms with Crippen LogP contribution in [0.3, 0.4) is 0 Å². The van der Waals surface area contributed by atoms with Gasteiger partial charge in [-0.1, -0.05) is 18.5 Å². The summed E-state index contributed by atoms with van der Waals surface area (Å²) in [5.41, 5.74) is 2.09. The standard InChI is InChI=1S/C9H8BrClN2/c1-2-5-3-12-9-7(8(5)11)6(10)4-13-9/h3-4H,2H2,1H3,(H,12,13). The van der Waals surface area contributed by atoms with Gasteiger partial charge in [0.15, 0.2) is 0 Å². The van der Waals surface area contributed by atoms with Crippen LogP contribution in [-0.4, -0.2) is 9.97 Å². The monoisotopic (exact) mass is 258 g/mol. The lowest BCUT2D eigenvalue weighted by molar-refractivity contribution is 1.09. The number of halogens is 2. The molecule has 13 heavy (non-hydrogen) atoms. The van der Waals surface area contributed by atoms with E-state index in [2.05, 4.69) is 32.8 Å². The van der Waals surface area contributed by atoms with Crippen LogP contribution in [0.4, 0.5) is 0 Å². The molecule has 0 aliphatic carbocycles. The van der Waals surface area contributed by atoms with Crippen molar-refractivity contribution in [1.29, 1.82) is 0 Å². The zero-order valence-corrected chi connectivity index (χ0v) is 9.41. The fraction of sp³-hybridized carbons (Fsp3) is 0.222. The van der Waals surface area contributed by atoms with E-state index in [-0.39, 0.29) is 0 Å². The van der Waals surface area contributed by atoms with Gasteiger partial charge in [-0.15, -0.1) is 0 Å². The second-order valence-electron chi connectivity index (χ2n) is 2.81. The van der Waals surface area contributed by atoms with E-state index in [1.807, 2.05) is 6.20 Å². The van der Waals surface area contributed by atoms with Gasteiger partial charge in [0.25, 0.3) is 0 Å². The number of aryl methyl sites for hydroxylation is 1. The number of nitrogens with zero attached hydrogens (tertiary/aromatic N) is 1. The second kappa shape index (κ2) is 3.31. The first-order chi connectivity index (χ1) is 6.24. The van der Waals surface area contributed by atoms with E-state index >= 15 is 0 Å². The van der Waals surface area contributed by atoms with Crippen LogP contribution >= 0.6 is 27.5 Å². The van der Waals surface area contributed by atoms with Gasteiger partial charge < -0.3 is 4.98 Å². The molecule has 0 radical (unpaired) electrons. The minimum atomic E-state index is 0.792. The van der Waals surface area contributed by atoms with Crippen molar-refractivity contribution in [2.45, 2.75) is 13.3 Å². The molecule has 0 aromatic rings. The molecule has 4 heteroatoms.